The third-order valence-electron chi connectivity index (χ3n) is 5.40. The topological polar surface area (TPSA) is 84.9 Å². The van der Waals surface area contributed by atoms with Gasteiger partial charge >= 0.3 is 0 Å². The summed E-state index contributed by atoms with van der Waals surface area (Å²) in [7, 11) is -3.63. The largest absolute Gasteiger partial charge is 0.486 e. The molecule has 1 amide bonds. The van der Waals surface area contributed by atoms with E-state index in [0.29, 0.717) is 44.0 Å². The number of benzene rings is 2. The number of rotatable bonds is 6. The molecule has 1 fully saturated rings. The Balaban J connectivity index is 1.58. The molecular weight excluding hydrogens is 404 g/mol. The summed E-state index contributed by atoms with van der Waals surface area (Å²) >= 11 is 0. The lowest BCUT2D eigenvalue weighted by Crippen LogP contribution is -2.31. The summed E-state index contributed by atoms with van der Waals surface area (Å²) in [5, 5.41) is 0. The molecule has 160 valence electrons. The van der Waals surface area contributed by atoms with Crippen molar-refractivity contribution in [2.24, 2.45) is 0 Å². The van der Waals surface area contributed by atoms with Crippen LogP contribution in [0.25, 0.3) is 0 Å². The summed E-state index contributed by atoms with van der Waals surface area (Å²) < 4.78 is 38.7. The fourth-order valence-corrected chi connectivity index (χ4v) is 5.08. The molecule has 7 nitrogen and oxygen atoms in total. The predicted molar refractivity (Wildman–Crippen MR) is 112 cm³/mol. The Bertz CT molecular complexity index is 1040. The zero-order valence-electron chi connectivity index (χ0n) is 17.0. The minimum Gasteiger partial charge on any atom is -0.486 e. The van der Waals surface area contributed by atoms with Crippen molar-refractivity contribution in [3.63, 3.8) is 0 Å². The molecule has 2 aliphatic rings. The average Bonchev–Trinajstić information content (AvgIpc) is 3.27. The molecule has 2 aromatic carbocycles. The number of carbonyl (C=O) groups excluding carboxylic acids is 1. The van der Waals surface area contributed by atoms with E-state index >= 15 is 0 Å². The van der Waals surface area contributed by atoms with Crippen LogP contribution in [0.3, 0.4) is 0 Å². The number of carbonyl (C=O) groups is 1. The summed E-state index contributed by atoms with van der Waals surface area (Å²) in [6.45, 7) is 3.93. The molecule has 1 atom stereocenters. The van der Waals surface area contributed by atoms with Crippen LogP contribution in [0, 0.1) is 0 Å². The molecule has 0 radical (unpaired) electrons. The van der Waals surface area contributed by atoms with E-state index in [4.69, 9.17) is 9.47 Å². The first kappa shape index (κ1) is 20.7. The van der Waals surface area contributed by atoms with Crippen LogP contribution in [0.1, 0.15) is 48.1 Å². The number of nitrogens with one attached hydrogen (secondary N) is 1. The lowest BCUT2D eigenvalue weighted by Gasteiger charge is -2.27. The van der Waals surface area contributed by atoms with Crippen molar-refractivity contribution in [2.75, 3.05) is 26.3 Å². The Kier molecular flexibility index (Phi) is 5.97. The van der Waals surface area contributed by atoms with E-state index in [2.05, 4.69) is 4.72 Å². The third kappa shape index (κ3) is 4.15. The summed E-state index contributed by atoms with van der Waals surface area (Å²) in [6.07, 6.45) is 2.44. The average molecular weight is 431 g/mol. The van der Waals surface area contributed by atoms with Gasteiger partial charge < -0.3 is 14.4 Å². The lowest BCUT2D eigenvalue weighted by atomic mass is 10.0. The lowest BCUT2D eigenvalue weighted by molar-refractivity contribution is 0.0735. The van der Waals surface area contributed by atoms with Crippen molar-refractivity contribution >= 4 is 15.9 Å². The van der Waals surface area contributed by atoms with Gasteiger partial charge in [-0.2, -0.15) is 0 Å². The maximum atomic E-state index is 13.3. The van der Waals surface area contributed by atoms with Crippen molar-refractivity contribution in [3.05, 3.63) is 53.6 Å². The molecule has 2 aliphatic heterocycles. The Morgan fingerprint density at radius 1 is 1.13 bits per heavy atom. The van der Waals surface area contributed by atoms with Gasteiger partial charge in [-0.25, -0.2) is 13.1 Å². The molecule has 1 N–H and O–H groups in total. The monoisotopic (exact) mass is 430 g/mol. The second-order valence-corrected chi connectivity index (χ2v) is 9.25. The molecule has 8 heteroatoms. The maximum absolute atomic E-state index is 13.3. The third-order valence-corrected chi connectivity index (χ3v) is 6.86. The van der Waals surface area contributed by atoms with Crippen molar-refractivity contribution in [1.29, 1.82) is 0 Å². The van der Waals surface area contributed by atoms with Crippen molar-refractivity contribution in [2.45, 2.75) is 37.1 Å². The van der Waals surface area contributed by atoms with Crippen LogP contribution in [-0.2, 0) is 10.0 Å². The number of ether oxygens (including phenoxy) is 2. The van der Waals surface area contributed by atoms with Gasteiger partial charge in [0.2, 0.25) is 10.0 Å². The van der Waals surface area contributed by atoms with Crippen molar-refractivity contribution in [3.8, 4) is 11.5 Å². The number of hydrogen-bond donors (Lipinski definition) is 1. The SMILES string of the molecule is CCCNS(=O)(=O)c1cccc(C(=O)N2CCCC2c2ccc3c(c2)OCCO3)c1. The zero-order chi connectivity index (χ0) is 21.1. The van der Waals surface area contributed by atoms with E-state index in [9.17, 15) is 13.2 Å². The Hall–Kier alpha value is -2.58. The van der Waals surface area contributed by atoms with E-state index in [-0.39, 0.29) is 16.8 Å². The number of nitrogens with zero attached hydrogens (tertiary/aromatic N) is 1. The number of sulfonamides is 1. The molecule has 0 spiro atoms. The maximum Gasteiger partial charge on any atom is 0.254 e. The predicted octanol–water partition coefficient (Wildman–Crippen LogP) is 3.12. The summed E-state index contributed by atoms with van der Waals surface area (Å²) in [5.41, 5.74) is 1.37. The molecule has 4 rings (SSSR count). The quantitative estimate of drug-likeness (QED) is 0.761. The molecule has 1 saturated heterocycles. The number of hydrogen-bond acceptors (Lipinski definition) is 5. The molecule has 0 bridgehead atoms. The highest BCUT2D eigenvalue weighted by atomic mass is 32.2. The highest BCUT2D eigenvalue weighted by Crippen LogP contribution is 2.38. The van der Waals surface area contributed by atoms with E-state index in [1.54, 1.807) is 12.1 Å². The highest BCUT2D eigenvalue weighted by Gasteiger charge is 2.32. The normalized spacial score (nSPS) is 18.4. The van der Waals surface area contributed by atoms with Crippen LogP contribution in [0.4, 0.5) is 0 Å². The Morgan fingerprint density at radius 2 is 1.93 bits per heavy atom. The zero-order valence-corrected chi connectivity index (χ0v) is 17.8. The van der Waals surface area contributed by atoms with Crippen LogP contribution in [0.2, 0.25) is 0 Å². The number of fused-ring (bicyclic) bond motifs is 1. The van der Waals surface area contributed by atoms with Gasteiger partial charge in [0.05, 0.1) is 10.9 Å². The highest BCUT2D eigenvalue weighted by molar-refractivity contribution is 7.89. The van der Waals surface area contributed by atoms with Crippen molar-refractivity contribution < 1.29 is 22.7 Å². The molecule has 30 heavy (non-hydrogen) atoms. The van der Waals surface area contributed by atoms with Crippen LogP contribution in [-0.4, -0.2) is 45.5 Å². The molecule has 0 aliphatic carbocycles. The minimum absolute atomic E-state index is 0.0770. The van der Waals surface area contributed by atoms with Gasteiger partial charge in [0.1, 0.15) is 13.2 Å². The molecular formula is C22H26N2O5S. The number of amides is 1. The van der Waals surface area contributed by atoms with Gasteiger partial charge in [-0.3, -0.25) is 4.79 Å². The van der Waals surface area contributed by atoms with Crippen molar-refractivity contribution in [1.82, 2.24) is 9.62 Å². The first-order valence-electron chi connectivity index (χ1n) is 10.3. The molecule has 2 heterocycles. The summed E-state index contributed by atoms with van der Waals surface area (Å²) in [4.78, 5) is 15.2. The van der Waals surface area contributed by atoms with Crippen LogP contribution >= 0.6 is 0 Å². The van der Waals surface area contributed by atoms with Gasteiger partial charge in [0.25, 0.3) is 5.91 Å². The molecule has 0 aromatic heterocycles. The summed E-state index contributed by atoms with van der Waals surface area (Å²) in [5.74, 6) is 1.26. The van der Waals surface area contributed by atoms with Crippen LogP contribution < -0.4 is 14.2 Å². The van der Waals surface area contributed by atoms with E-state index < -0.39 is 10.0 Å². The second-order valence-electron chi connectivity index (χ2n) is 7.49. The molecule has 0 saturated carbocycles. The first-order valence-corrected chi connectivity index (χ1v) is 11.8. The Labute approximate surface area is 177 Å². The molecule has 2 aromatic rings. The smallest absolute Gasteiger partial charge is 0.254 e. The standard InChI is InChI=1S/C22H26N2O5S/c1-2-10-23-30(26,27)18-6-3-5-17(14-18)22(25)24-11-4-7-19(24)16-8-9-20-21(15-16)29-13-12-28-20/h3,5-6,8-9,14-15,19,23H,2,4,7,10-13H2,1H3. The fourth-order valence-electron chi connectivity index (χ4n) is 3.91. The van der Waals surface area contributed by atoms with Gasteiger partial charge in [-0.05, 0) is 55.2 Å². The summed E-state index contributed by atoms with van der Waals surface area (Å²) in [6, 6.07) is 12.0. The van der Waals surface area contributed by atoms with Gasteiger partial charge in [0, 0.05) is 18.7 Å². The Morgan fingerprint density at radius 3 is 2.73 bits per heavy atom. The second kappa shape index (κ2) is 8.65. The number of likely N-dealkylation sites (tertiary alicyclic amines) is 1. The first-order chi connectivity index (χ1) is 14.5. The van der Waals surface area contributed by atoms with Gasteiger partial charge in [0.15, 0.2) is 11.5 Å². The van der Waals surface area contributed by atoms with Gasteiger partial charge in [-0.1, -0.05) is 19.1 Å². The van der Waals surface area contributed by atoms with Crippen LogP contribution in [0.15, 0.2) is 47.4 Å². The van der Waals surface area contributed by atoms with Gasteiger partial charge in [-0.15, -0.1) is 0 Å². The molecule has 1 unspecified atom stereocenters. The fraction of sp³-hybridized carbons (Fsp3) is 0.409. The van der Waals surface area contributed by atoms with E-state index in [1.165, 1.54) is 12.1 Å². The minimum atomic E-state index is -3.63. The van der Waals surface area contributed by atoms with E-state index in [0.717, 1.165) is 24.2 Å². The van der Waals surface area contributed by atoms with E-state index in [1.807, 2.05) is 30.0 Å². The van der Waals surface area contributed by atoms with Crippen LogP contribution in [0.5, 0.6) is 11.5 Å².